The fourth-order valence-electron chi connectivity index (χ4n) is 8.77. The lowest BCUT2D eigenvalue weighted by Crippen LogP contribution is -2.70. The number of fused-ring (bicyclic) bond motifs is 2. The van der Waals surface area contributed by atoms with E-state index in [9.17, 15) is 14.7 Å². The molecule has 3 aliphatic carbocycles. The molecular formula is C37H39IO9. The molecule has 0 unspecified atom stereocenters. The number of carbonyl (C=O) groups excluding carboxylic acids is 2. The minimum atomic E-state index is -1.79. The number of esters is 1. The van der Waals surface area contributed by atoms with E-state index in [4.69, 9.17) is 26.8 Å². The molecule has 47 heavy (non-hydrogen) atoms. The van der Waals surface area contributed by atoms with Crippen LogP contribution in [0.5, 0.6) is 11.5 Å². The van der Waals surface area contributed by atoms with E-state index >= 15 is 0 Å². The van der Waals surface area contributed by atoms with E-state index in [1.807, 2.05) is 49.4 Å². The molecule has 0 radical (unpaired) electrons. The van der Waals surface area contributed by atoms with Crippen LogP contribution < -0.4 is 7.80 Å². The smallest absolute Gasteiger partial charge is 0.310 e. The number of aliphatic hydroxyl groups is 1. The quantitative estimate of drug-likeness (QED) is 0.194. The second kappa shape index (κ2) is 11.5. The summed E-state index contributed by atoms with van der Waals surface area (Å²) in [6.45, 7) is 10.1. The van der Waals surface area contributed by atoms with Crippen molar-refractivity contribution in [2.75, 3.05) is 13.7 Å². The van der Waals surface area contributed by atoms with Crippen LogP contribution in [0.25, 0.3) is 0 Å². The first-order valence-corrected chi connectivity index (χ1v) is 16.8. The summed E-state index contributed by atoms with van der Waals surface area (Å²) in [5.41, 5.74) is -0.0736. The molecular weight excluding hydrogens is 715 g/mol. The van der Waals surface area contributed by atoms with Crippen molar-refractivity contribution in [2.45, 2.75) is 75.3 Å². The number of hydrogen-bond acceptors (Lipinski definition) is 9. The van der Waals surface area contributed by atoms with Gasteiger partial charge in [-0.05, 0) is 66.2 Å². The Bertz CT molecular complexity index is 1700. The molecule has 8 atom stereocenters. The highest BCUT2D eigenvalue weighted by Crippen LogP contribution is 2.68. The van der Waals surface area contributed by atoms with Crippen LogP contribution in [0.3, 0.4) is 0 Å². The summed E-state index contributed by atoms with van der Waals surface area (Å²) < 4.78 is 37.4. The molecule has 3 bridgehead atoms. The molecule has 9 nitrogen and oxygen atoms in total. The van der Waals surface area contributed by atoms with E-state index < -0.39 is 46.7 Å². The van der Waals surface area contributed by atoms with Crippen LogP contribution in [0.4, 0.5) is 0 Å². The first-order chi connectivity index (χ1) is 22.4. The van der Waals surface area contributed by atoms with Gasteiger partial charge in [0.2, 0.25) is 0 Å². The Hall–Kier alpha value is -3.03. The number of halogens is 1. The molecule has 1 N–H and O–H groups in total. The molecule has 0 spiro atoms. The molecule has 2 aliphatic heterocycles. The zero-order valence-corrected chi connectivity index (χ0v) is 29.1. The van der Waals surface area contributed by atoms with Gasteiger partial charge in [0.15, 0.2) is 40.3 Å². The van der Waals surface area contributed by atoms with Crippen molar-refractivity contribution >= 4 is 34.8 Å². The van der Waals surface area contributed by atoms with E-state index in [2.05, 4.69) is 13.5 Å². The molecule has 2 heterocycles. The van der Waals surface area contributed by atoms with E-state index in [0.29, 0.717) is 41.1 Å². The van der Waals surface area contributed by atoms with Gasteiger partial charge in [0.25, 0.3) is 5.97 Å². The minimum absolute atomic E-state index is 0.000796. The number of Topliss-reactive ketones (excluding diaryl/α,β-unsaturated/α-hetero) is 1. The molecule has 10 heteroatoms. The Morgan fingerprint density at radius 3 is 2.57 bits per heavy atom. The highest BCUT2D eigenvalue weighted by Gasteiger charge is 2.79. The molecule has 248 valence electrons. The van der Waals surface area contributed by atoms with Gasteiger partial charge < -0.3 is 31.9 Å². The topological polar surface area (TPSA) is 110 Å². The first kappa shape index (κ1) is 32.5. The van der Waals surface area contributed by atoms with Crippen LogP contribution in [0.2, 0.25) is 0 Å². The molecule has 0 aromatic heterocycles. The lowest BCUT2D eigenvalue weighted by atomic mass is 9.55. The van der Waals surface area contributed by atoms with Crippen molar-refractivity contribution in [3.63, 3.8) is 0 Å². The second-order valence-electron chi connectivity index (χ2n) is 13.7. The third-order valence-corrected chi connectivity index (χ3v) is 11.3. The Labute approximate surface area is 288 Å². The van der Waals surface area contributed by atoms with Crippen molar-refractivity contribution in [3.05, 3.63) is 95.1 Å². The zero-order valence-electron chi connectivity index (χ0n) is 26.9. The van der Waals surface area contributed by atoms with Crippen molar-refractivity contribution in [1.82, 2.24) is 0 Å². The van der Waals surface area contributed by atoms with Gasteiger partial charge in [0, 0.05) is 18.3 Å². The average molecular weight is 755 g/mol. The maximum absolute atomic E-state index is 13.8. The van der Waals surface area contributed by atoms with Gasteiger partial charge in [0.1, 0.15) is 23.9 Å². The number of ether oxygens (including phenoxy) is 5. The Morgan fingerprint density at radius 1 is 1.11 bits per heavy atom. The molecule has 2 aromatic rings. The van der Waals surface area contributed by atoms with Crippen LogP contribution in [0.15, 0.2) is 84.0 Å². The first-order valence-electron chi connectivity index (χ1n) is 15.9. The van der Waals surface area contributed by atoms with Crippen LogP contribution in [0.1, 0.15) is 44.7 Å². The largest absolute Gasteiger partial charge is 0.493 e. The minimum Gasteiger partial charge on any atom is -0.493 e. The average Bonchev–Trinajstić information content (AvgIpc) is 3.35. The van der Waals surface area contributed by atoms with Crippen LogP contribution in [-0.4, -0.2) is 59.5 Å². The molecule has 7 rings (SSSR count). The van der Waals surface area contributed by atoms with Crippen LogP contribution >= 0.6 is 23.0 Å². The summed E-state index contributed by atoms with van der Waals surface area (Å²) >= 11 is 1.78. The summed E-state index contributed by atoms with van der Waals surface area (Å²) in [4.78, 5) is 26.9. The summed E-state index contributed by atoms with van der Waals surface area (Å²) in [5, 5.41) is 12.4. The Kier molecular flexibility index (Phi) is 7.99. The number of ketones is 1. The number of methoxy groups -OCH3 is 1. The van der Waals surface area contributed by atoms with Gasteiger partial charge in [-0.2, -0.15) is 0 Å². The van der Waals surface area contributed by atoms with Crippen molar-refractivity contribution in [3.8, 4) is 11.5 Å². The maximum atomic E-state index is 13.8. The third-order valence-electron chi connectivity index (χ3n) is 10.8. The summed E-state index contributed by atoms with van der Waals surface area (Å²) in [6.07, 6.45) is 4.27. The lowest BCUT2D eigenvalue weighted by Gasteiger charge is -2.59. The van der Waals surface area contributed by atoms with Crippen molar-refractivity contribution in [1.29, 1.82) is 0 Å². The highest BCUT2D eigenvalue weighted by atomic mass is 127. The number of hydrogen-bond donors (Lipinski definition) is 1. The number of benzene rings is 2. The SMILES string of the molecule is C=C(C)[C@]12C[C@@H](C)[C@@]34O[C@](Cc5ccccc5)(O[C@@H]1[C@@H]3C=C(COC(=O)Cc1ccc(OI)c(OC)c1)C[C@]1(O)C(=O)C(C)=C[C@@H]41)O2. The molecule has 2 aromatic carbocycles. The molecule has 2 saturated heterocycles. The van der Waals surface area contributed by atoms with Gasteiger partial charge in [0.05, 0.1) is 25.6 Å². The normalized spacial score (nSPS) is 36.5. The van der Waals surface area contributed by atoms with Gasteiger partial charge in [-0.25, -0.2) is 0 Å². The maximum Gasteiger partial charge on any atom is 0.310 e. The molecule has 5 aliphatic rings. The Balaban J connectivity index is 1.25. The summed E-state index contributed by atoms with van der Waals surface area (Å²) in [5.74, 6) is -2.45. The predicted molar refractivity (Wildman–Crippen MR) is 180 cm³/mol. The van der Waals surface area contributed by atoms with Gasteiger partial charge >= 0.3 is 5.97 Å². The standard InChI is InChI=1S/C37H39IO9/c1-21(2)35-17-23(4)37-27(33(35)44-36(46-35,47-37)19-24-9-7-6-8-10-24)14-26(18-34(41)30(37)13-22(3)32(34)40)20-43-31(39)16-25-11-12-28(45-38)29(15-25)42-5/h6-15,23,27,30,33,41H,1,16-20H2,2-5H3/t23-,27+,30-,33-,34-,35-,36-,37-/m1/s1. The zero-order chi connectivity index (χ0) is 33.4. The van der Waals surface area contributed by atoms with E-state index in [1.54, 1.807) is 48.1 Å². The third kappa shape index (κ3) is 4.93. The monoisotopic (exact) mass is 754 g/mol. The summed E-state index contributed by atoms with van der Waals surface area (Å²) in [7, 11) is 1.53. The van der Waals surface area contributed by atoms with Crippen molar-refractivity contribution < 1.29 is 41.4 Å². The van der Waals surface area contributed by atoms with Crippen LogP contribution in [0, 0.1) is 17.8 Å². The van der Waals surface area contributed by atoms with Crippen LogP contribution in [-0.2, 0) is 41.4 Å². The molecule has 3 fully saturated rings. The molecule has 1 saturated carbocycles. The Morgan fingerprint density at radius 2 is 1.87 bits per heavy atom. The fourth-order valence-corrected chi connectivity index (χ4v) is 9.13. The van der Waals surface area contributed by atoms with Gasteiger partial charge in [-0.3, -0.25) is 9.59 Å². The van der Waals surface area contributed by atoms with E-state index in [1.165, 1.54) is 7.11 Å². The lowest BCUT2D eigenvalue weighted by molar-refractivity contribution is -0.421. The van der Waals surface area contributed by atoms with Gasteiger partial charge in [-0.1, -0.05) is 62.1 Å². The fraction of sp³-hybridized carbons (Fsp3) is 0.459. The van der Waals surface area contributed by atoms with E-state index in [0.717, 1.165) is 11.1 Å². The van der Waals surface area contributed by atoms with Crippen molar-refractivity contribution in [2.24, 2.45) is 17.8 Å². The molecule has 0 amide bonds. The highest BCUT2D eigenvalue weighted by molar-refractivity contribution is 14.1. The predicted octanol–water partition coefficient (Wildman–Crippen LogP) is 5.77. The second-order valence-corrected chi connectivity index (χ2v) is 14.2. The number of carbonyl (C=O) groups is 2. The number of rotatable bonds is 9. The van der Waals surface area contributed by atoms with Gasteiger partial charge in [-0.15, -0.1) is 0 Å². The summed E-state index contributed by atoms with van der Waals surface area (Å²) in [6, 6.07) is 15.1. The van der Waals surface area contributed by atoms with E-state index in [-0.39, 0.29) is 31.1 Å².